The molecule has 0 unspecified atom stereocenters. The molecule has 0 aromatic carbocycles. The molecule has 0 aliphatic carbocycles. The van der Waals surface area contributed by atoms with Crippen molar-refractivity contribution in [2.24, 2.45) is 0 Å². The molecule has 0 atom stereocenters. The van der Waals surface area contributed by atoms with E-state index in [1.165, 1.54) is 193 Å². The summed E-state index contributed by atoms with van der Waals surface area (Å²) in [5.74, 6) is 0. The van der Waals surface area contributed by atoms with Gasteiger partial charge in [0, 0.05) is 0 Å². The Bertz CT molecular complexity index is 558. The highest BCUT2D eigenvalue weighted by atomic mass is 16.7. The number of hydrogen-bond donors (Lipinski definition) is 0. The van der Waals surface area contributed by atoms with Crippen LogP contribution in [0.1, 0.15) is 232 Å². The van der Waals surface area contributed by atoms with E-state index < -0.39 is 6.16 Å². The van der Waals surface area contributed by atoms with Gasteiger partial charge < -0.3 is 9.47 Å². The van der Waals surface area contributed by atoms with Gasteiger partial charge in [-0.1, -0.05) is 206 Å². The van der Waals surface area contributed by atoms with Crippen molar-refractivity contribution in [1.82, 2.24) is 0 Å². The molecule has 0 radical (unpaired) electrons. The van der Waals surface area contributed by atoms with Crippen LogP contribution in [-0.2, 0) is 9.47 Å². The van der Waals surface area contributed by atoms with E-state index in [1.807, 2.05) is 0 Å². The number of unbranched alkanes of at least 4 members (excludes halogenated alkanes) is 31. The quantitative estimate of drug-likeness (QED) is 0.0394. The van der Waals surface area contributed by atoms with Gasteiger partial charge in [0.05, 0.1) is 13.2 Å². The lowest BCUT2D eigenvalue weighted by atomic mass is 10.0. The molecule has 44 heavy (non-hydrogen) atoms. The minimum absolute atomic E-state index is 0.476. The molecule has 0 saturated carbocycles. The van der Waals surface area contributed by atoms with Gasteiger partial charge in [-0.2, -0.15) is 0 Å². The average Bonchev–Trinajstić information content (AvgIpc) is 3.03. The fourth-order valence-corrected chi connectivity index (χ4v) is 6.06. The highest BCUT2D eigenvalue weighted by Gasteiger charge is 2.03. The standard InChI is InChI=1S/C41H80O3/c1-3-5-7-9-11-13-15-17-19-21-22-23-24-26-28-30-32-34-36-38-40-44-41(42)43-39-37-35-33-31-29-27-25-20-18-16-14-12-10-8-6-4-2/h18,20H,3-17,19,21-40H2,1-2H3. The zero-order chi connectivity index (χ0) is 31.9. The molecule has 0 bridgehead atoms. The summed E-state index contributed by atoms with van der Waals surface area (Å²) in [6, 6.07) is 0. The monoisotopic (exact) mass is 621 g/mol. The zero-order valence-corrected chi connectivity index (χ0v) is 30.3. The van der Waals surface area contributed by atoms with Gasteiger partial charge in [0.15, 0.2) is 0 Å². The maximum atomic E-state index is 11.8. The fourth-order valence-electron chi connectivity index (χ4n) is 6.06. The Morgan fingerprint density at radius 2 is 0.568 bits per heavy atom. The maximum Gasteiger partial charge on any atom is 0.508 e. The smallest absolute Gasteiger partial charge is 0.434 e. The van der Waals surface area contributed by atoms with Crippen molar-refractivity contribution in [1.29, 1.82) is 0 Å². The lowest BCUT2D eigenvalue weighted by Crippen LogP contribution is -2.09. The average molecular weight is 621 g/mol. The van der Waals surface area contributed by atoms with Crippen molar-refractivity contribution in [2.75, 3.05) is 13.2 Å². The predicted octanol–water partition coefficient (Wildman–Crippen LogP) is 15.0. The van der Waals surface area contributed by atoms with Gasteiger partial charge in [0.2, 0.25) is 0 Å². The highest BCUT2D eigenvalue weighted by Crippen LogP contribution is 2.15. The third kappa shape index (κ3) is 39.0. The van der Waals surface area contributed by atoms with Crippen molar-refractivity contribution >= 4 is 6.16 Å². The van der Waals surface area contributed by atoms with Crippen molar-refractivity contribution in [3.63, 3.8) is 0 Å². The van der Waals surface area contributed by atoms with E-state index in [-0.39, 0.29) is 0 Å². The number of carbonyl (C=O) groups is 1. The lowest BCUT2D eigenvalue weighted by Gasteiger charge is -2.06. The number of rotatable bonds is 37. The fraction of sp³-hybridized carbons (Fsp3) is 0.927. The lowest BCUT2D eigenvalue weighted by molar-refractivity contribution is 0.0529. The maximum absolute atomic E-state index is 11.8. The summed E-state index contributed by atoms with van der Waals surface area (Å²) in [6.07, 6.45) is 49.9. The van der Waals surface area contributed by atoms with Crippen LogP contribution in [0.5, 0.6) is 0 Å². The second-order valence-electron chi connectivity index (χ2n) is 13.6. The van der Waals surface area contributed by atoms with Crippen molar-refractivity contribution in [3.05, 3.63) is 12.2 Å². The van der Waals surface area contributed by atoms with Crippen LogP contribution in [0.4, 0.5) is 4.79 Å². The third-order valence-corrected chi connectivity index (χ3v) is 9.09. The zero-order valence-electron chi connectivity index (χ0n) is 30.3. The molecule has 0 aromatic heterocycles. The molecule has 0 rings (SSSR count). The summed E-state index contributed by atoms with van der Waals surface area (Å²) >= 11 is 0. The second-order valence-corrected chi connectivity index (χ2v) is 13.6. The minimum Gasteiger partial charge on any atom is -0.434 e. The van der Waals surface area contributed by atoms with Gasteiger partial charge in [0.25, 0.3) is 0 Å². The topological polar surface area (TPSA) is 35.5 Å². The van der Waals surface area contributed by atoms with E-state index in [0.717, 1.165) is 25.7 Å². The van der Waals surface area contributed by atoms with E-state index in [4.69, 9.17) is 9.47 Å². The van der Waals surface area contributed by atoms with E-state index in [9.17, 15) is 4.79 Å². The molecule has 0 aliphatic rings. The van der Waals surface area contributed by atoms with Crippen LogP contribution in [0.2, 0.25) is 0 Å². The molecule has 3 heteroatoms. The summed E-state index contributed by atoms with van der Waals surface area (Å²) in [7, 11) is 0. The van der Waals surface area contributed by atoms with Crippen LogP contribution in [-0.4, -0.2) is 19.4 Å². The summed E-state index contributed by atoms with van der Waals surface area (Å²) in [4.78, 5) is 11.8. The Labute approximate surface area is 277 Å². The molecular weight excluding hydrogens is 540 g/mol. The Kier molecular flexibility index (Phi) is 39.1. The predicted molar refractivity (Wildman–Crippen MR) is 195 cm³/mol. The van der Waals surface area contributed by atoms with Gasteiger partial charge in [0.1, 0.15) is 0 Å². The Morgan fingerprint density at radius 1 is 0.341 bits per heavy atom. The molecule has 0 saturated heterocycles. The van der Waals surface area contributed by atoms with Crippen LogP contribution >= 0.6 is 0 Å². The largest absolute Gasteiger partial charge is 0.508 e. The van der Waals surface area contributed by atoms with Gasteiger partial charge in [-0.25, -0.2) is 4.79 Å². The van der Waals surface area contributed by atoms with Gasteiger partial charge >= 0.3 is 6.16 Å². The number of allylic oxidation sites excluding steroid dienone is 2. The molecule has 0 N–H and O–H groups in total. The highest BCUT2D eigenvalue weighted by molar-refractivity contribution is 5.59. The van der Waals surface area contributed by atoms with Crippen LogP contribution in [0.3, 0.4) is 0 Å². The SMILES string of the molecule is CCCCCCCCC=CCCCCCCCCOC(=O)OCCCCCCCCCCCCCCCCCCCCCC. The van der Waals surface area contributed by atoms with E-state index in [2.05, 4.69) is 26.0 Å². The molecule has 0 amide bonds. The first kappa shape index (κ1) is 43.0. The van der Waals surface area contributed by atoms with Crippen LogP contribution in [0.25, 0.3) is 0 Å². The van der Waals surface area contributed by atoms with E-state index >= 15 is 0 Å². The minimum atomic E-state index is -0.476. The Balaban J connectivity index is 3.17. The molecule has 0 heterocycles. The summed E-state index contributed by atoms with van der Waals surface area (Å²) in [6.45, 7) is 5.58. The first-order valence-corrected chi connectivity index (χ1v) is 20.3. The molecule has 0 fully saturated rings. The molecule has 3 nitrogen and oxygen atoms in total. The van der Waals surface area contributed by atoms with E-state index in [1.54, 1.807) is 0 Å². The Hall–Kier alpha value is -0.990. The molecule has 262 valence electrons. The number of hydrogen-bond acceptors (Lipinski definition) is 3. The summed E-state index contributed by atoms with van der Waals surface area (Å²) in [5, 5.41) is 0. The van der Waals surface area contributed by atoms with E-state index in [0.29, 0.717) is 13.2 Å². The van der Waals surface area contributed by atoms with Crippen LogP contribution < -0.4 is 0 Å². The third-order valence-electron chi connectivity index (χ3n) is 9.09. The normalized spacial score (nSPS) is 11.5. The number of carbonyl (C=O) groups excluding carboxylic acids is 1. The van der Waals surface area contributed by atoms with Gasteiger partial charge in [-0.3, -0.25) is 0 Å². The molecular formula is C41H80O3. The van der Waals surface area contributed by atoms with Crippen molar-refractivity contribution < 1.29 is 14.3 Å². The van der Waals surface area contributed by atoms with Crippen LogP contribution in [0.15, 0.2) is 12.2 Å². The number of ether oxygens (including phenoxy) is 2. The van der Waals surface area contributed by atoms with Crippen LogP contribution in [0, 0.1) is 0 Å². The van der Waals surface area contributed by atoms with Gasteiger partial charge in [-0.05, 0) is 38.5 Å². The van der Waals surface area contributed by atoms with Crippen molar-refractivity contribution in [3.8, 4) is 0 Å². The Morgan fingerprint density at radius 3 is 0.841 bits per heavy atom. The molecule has 0 aromatic rings. The second kappa shape index (κ2) is 40.0. The first-order chi connectivity index (χ1) is 21.8. The molecule has 0 aliphatic heterocycles. The first-order valence-electron chi connectivity index (χ1n) is 20.3. The molecule has 0 spiro atoms. The summed E-state index contributed by atoms with van der Waals surface area (Å²) < 4.78 is 10.5. The van der Waals surface area contributed by atoms with Gasteiger partial charge in [-0.15, -0.1) is 0 Å². The van der Waals surface area contributed by atoms with Crippen molar-refractivity contribution in [2.45, 2.75) is 232 Å². The summed E-state index contributed by atoms with van der Waals surface area (Å²) in [5.41, 5.74) is 0.